The third-order valence-corrected chi connectivity index (χ3v) is 3.79. The number of benzene rings is 1. The molecule has 1 aliphatic rings. The Bertz CT molecular complexity index is 402. The number of aromatic hydroxyl groups is 2. The Morgan fingerprint density at radius 2 is 1.78 bits per heavy atom. The normalized spacial score (nSPS) is 24.1. The van der Waals surface area contributed by atoms with Crippen LogP contribution < -0.4 is 0 Å². The molecule has 0 bridgehead atoms. The van der Waals surface area contributed by atoms with Crippen molar-refractivity contribution in [3.05, 3.63) is 23.8 Å². The van der Waals surface area contributed by atoms with E-state index in [0.717, 1.165) is 25.2 Å². The van der Waals surface area contributed by atoms with E-state index in [0.29, 0.717) is 6.04 Å². The summed E-state index contributed by atoms with van der Waals surface area (Å²) >= 11 is 0. The smallest absolute Gasteiger partial charge is 0.119 e. The van der Waals surface area contributed by atoms with Crippen LogP contribution in [0.1, 0.15) is 25.5 Å². The van der Waals surface area contributed by atoms with Gasteiger partial charge in [-0.05, 0) is 38.6 Å². The molecule has 2 N–H and O–H groups in total. The summed E-state index contributed by atoms with van der Waals surface area (Å²) in [5.74, 6) is 0.247. The molecule has 100 valence electrons. The topological polar surface area (TPSA) is 46.9 Å². The van der Waals surface area contributed by atoms with Gasteiger partial charge >= 0.3 is 0 Å². The molecule has 4 heteroatoms. The van der Waals surface area contributed by atoms with E-state index in [1.54, 1.807) is 12.1 Å². The van der Waals surface area contributed by atoms with Crippen LogP contribution in [0.15, 0.2) is 18.2 Å². The predicted molar refractivity (Wildman–Crippen MR) is 71.9 cm³/mol. The van der Waals surface area contributed by atoms with Gasteiger partial charge in [0, 0.05) is 37.8 Å². The largest absolute Gasteiger partial charge is 0.508 e. The van der Waals surface area contributed by atoms with Gasteiger partial charge in [0.1, 0.15) is 11.5 Å². The second-order valence-corrected chi connectivity index (χ2v) is 5.31. The van der Waals surface area contributed by atoms with E-state index in [1.807, 2.05) is 0 Å². The molecular formula is C14H22N2O2. The average molecular weight is 250 g/mol. The Hall–Kier alpha value is -1.26. The first-order chi connectivity index (χ1) is 8.47. The van der Waals surface area contributed by atoms with E-state index >= 15 is 0 Å². The van der Waals surface area contributed by atoms with Crippen LogP contribution in [0.4, 0.5) is 0 Å². The zero-order chi connectivity index (χ0) is 13.3. The van der Waals surface area contributed by atoms with Gasteiger partial charge in [0.2, 0.25) is 0 Å². The lowest BCUT2D eigenvalue weighted by atomic mass is 10.0. The molecule has 18 heavy (non-hydrogen) atoms. The second kappa shape index (κ2) is 5.16. The van der Waals surface area contributed by atoms with Crippen molar-refractivity contribution in [2.75, 3.05) is 26.7 Å². The van der Waals surface area contributed by atoms with Gasteiger partial charge in [0.05, 0.1) is 0 Å². The highest BCUT2D eigenvalue weighted by Gasteiger charge is 2.26. The number of rotatable bonds is 2. The van der Waals surface area contributed by atoms with Crippen LogP contribution in [-0.2, 0) is 0 Å². The standard InChI is InChI=1S/C14H22N2O2/c1-10-9-15(3)4-5-16(10)11(2)12-6-13(17)8-14(18)7-12/h6-8,10-11,17-18H,4-5,9H2,1-3H3. The summed E-state index contributed by atoms with van der Waals surface area (Å²) < 4.78 is 0. The number of hydrogen-bond acceptors (Lipinski definition) is 4. The quantitative estimate of drug-likeness (QED) is 0.840. The van der Waals surface area contributed by atoms with Crippen molar-refractivity contribution in [2.24, 2.45) is 0 Å². The lowest BCUT2D eigenvalue weighted by molar-refractivity contribution is 0.0672. The lowest BCUT2D eigenvalue weighted by Crippen LogP contribution is -2.51. The van der Waals surface area contributed by atoms with Crippen LogP contribution in [0.25, 0.3) is 0 Å². The lowest BCUT2D eigenvalue weighted by Gasteiger charge is -2.42. The van der Waals surface area contributed by atoms with E-state index in [9.17, 15) is 10.2 Å². The van der Waals surface area contributed by atoms with Crippen LogP contribution in [0.5, 0.6) is 11.5 Å². The van der Waals surface area contributed by atoms with Crippen LogP contribution in [0.2, 0.25) is 0 Å². The monoisotopic (exact) mass is 250 g/mol. The Morgan fingerprint density at radius 3 is 2.33 bits per heavy atom. The van der Waals surface area contributed by atoms with Crippen molar-refractivity contribution >= 4 is 0 Å². The highest BCUT2D eigenvalue weighted by molar-refractivity contribution is 5.38. The van der Waals surface area contributed by atoms with E-state index in [2.05, 4.69) is 30.7 Å². The molecule has 1 aliphatic heterocycles. The second-order valence-electron chi connectivity index (χ2n) is 5.31. The molecular weight excluding hydrogens is 228 g/mol. The Kier molecular flexibility index (Phi) is 3.78. The predicted octanol–water partition coefficient (Wildman–Crippen LogP) is 1.79. The van der Waals surface area contributed by atoms with E-state index < -0.39 is 0 Å². The minimum absolute atomic E-state index is 0.124. The molecule has 2 rings (SSSR count). The molecule has 1 fully saturated rings. The van der Waals surface area contributed by atoms with Gasteiger partial charge in [0.15, 0.2) is 0 Å². The Balaban J connectivity index is 2.17. The number of phenols is 2. The van der Waals surface area contributed by atoms with Crippen LogP contribution >= 0.6 is 0 Å². The molecule has 0 aromatic heterocycles. The summed E-state index contributed by atoms with van der Waals surface area (Å²) in [5, 5.41) is 19.1. The van der Waals surface area contributed by atoms with Gasteiger partial charge in [0.25, 0.3) is 0 Å². The summed E-state index contributed by atoms with van der Waals surface area (Å²) in [5.41, 5.74) is 0.962. The van der Waals surface area contributed by atoms with Gasteiger partial charge in [-0.25, -0.2) is 0 Å². The number of phenolic OH excluding ortho intramolecular Hbond substituents is 2. The fourth-order valence-corrected chi connectivity index (χ4v) is 2.78. The van der Waals surface area contributed by atoms with E-state index in [1.165, 1.54) is 6.07 Å². The molecule has 0 spiro atoms. The first-order valence-electron chi connectivity index (χ1n) is 6.44. The maximum absolute atomic E-state index is 9.56. The minimum atomic E-state index is 0.124. The molecule has 1 aromatic rings. The average Bonchev–Trinajstić information content (AvgIpc) is 2.26. The van der Waals surface area contributed by atoms with Gasteiger partial charge in [-0.15, -0.1) is 0 Å². The van der Waals surface area contributed by atoms with Crippen LogP contribution in [0.3, 0.4) is 0 Å². The molecule has 1 heterocycles. The number of nitrogens with zero attached hydrogens (tertiary/aromatic N) is 2. The van der Waals surface area contributed by atoms with Crippen molar-refractivity contribution in [1.82, 2.24) is 9.80 Å². The summed E-state index contributed by atoms with van der Waals surface area (Å²) in [7, 11) is 2.14. The maximum Gasteiger partial charge on any atom is 0.119 e. The maximum atomic E-state index is 9.56. The van der Waals surface area contributed by atoms with Gasteiger partial charge in [-0.2, -0.15) is 0 Å². The van der Waals surface area contributed by atoms with Crippen LogP contribution in [-0.4, -0.2) is 52.7 Å². The zero-order valence-corrected chi connectivity index (χ0v) is 11.3. The first-order valence-corrected chi connectivity index (χ1v) is 6.44. The number of likely N-dealkylation sites (N-methyl/N-ethyl adjacent to an activating group) is 1. The molecule has 1 saturated heterocycles. The zero-order valence-electron chi connectivity index (χ0n) is 11.3. The molecule has 0 radical (unpaired) electrons. The van der Waals surface area contributed by atoms with E-state index in [-0.39, 0.29) is 17.5 Å². The number of hydrogen-bond donors (Lipinski definition) is 2. The van der Waals surface area contributed by atoms with Crippen molar-refractivity contribution < 1.29 is 10.2 Å². The molecule has 4 nitrogen and oxygen atoms in total. The highest BCUT2D eigenvalue weighted by atomic mass is 16.3. The molecule has 2 atom stereocenters. The Morgan fingerprint density at radius 1 is 1.17 bits per heavy atom. The molecule has 2 unspecified atom stereocenters. The summed E-state index contributed by atoms with van der Waals surface area (Å²) in [6.45, 7) is 7.45. The fraction of sp³-hybridized carbons (Fsp3) is 0.571. The SMILES string of the molecule is CC1CN(C)CCN1C(C)c1cc(O)cc(O)c1. The first kappa shape index (κ1) is 13.2. The van der Waals surface area contributed by atoms with Gasteiger partial charge < -0.3 is 15.1 Å². The van der Waals surface area contributed by atoms with Crippen molar-refractivity contribution in [1.29, 1.82) is 0 Å². The number of piperazine rings is 1. The van der Waals surface area contributed by atoms with Crippen molar-refractivity contribution in [3.8, 4) is 11.5 Å². The summed E-state index contributed by atoms with van der Waals surface area (Å²) in [4.78, 5) is 4.74. The fourth-order valence-electron chi connectivity index (χ4n) is 2.78. The van der Waals surface area contributed by atoms with Crippen molar-refractivity contribution in [3.63, 3.8) is 0 Å². The summed E-state index contributed by atoms with van der Waals surface area (Å²) in [6, 6.07) is 5.50. The third kappa shape index (κ3) is 2.76. The minimum Gasteiger partial charge on any atom is -0.508 e. The van der Waals surface area contributed by atoms with Crippen molar-refractivity contribution in [2.45, 2.75) is 25.9 Å². The van der Waals surface area contributed by atoms with E-state index in [4.69, 9.17) is 0 Å². The molecule has 0 amide bonds. The molecule has 0 saturated carbocycles. The van der Waals surface area contributed by atoms with Gasteiger partial charge in [-0.3, -0.25) is 4.90 Å². The van der Waals surface area contributed by atoms with Gasteiger partial charge in [-0.1, -0.05) is 0 Å². The Labute approximate surface area is 108 Å². The molecule has 1 aromatic carbocycles. The summed E-state index contributed by atoms with van der Waals surface area (Å²) in [6.07, 6.45) is 0. The molecule has 0 aliphatic carbocycles. The third-order valence-electron chi connectivity index (χ3n) is 3.79. The van der Waals surface area contributed by atoms with Crippen LogP contribution in [0, 0.1) is 0 Å². The highest BCUT2D eigenvalue weighted by Crippen LogP contribution is 2.30.